The highest BCUT2D eigenvalue weighted by Gasteiger charge is 2.25. The van der Waals surface area contributed by atoms with Gasteiger partial charge in [0.15, 0.2) is 11.6 Å². The molecule has 71 heavy (non-hydrogen) atoms. The third-order valence-electron chi connectivity index (χ3n) is 11.6. The zero-order valence-corrected chi connectivity index (χ0v) is 41.1. The van der Waals surface area contributed by atoms with E-state index >= 15 is 0 Å². The monoisotopic (exact) mass is 1100 g/mol. The Morgan fingerprint density at radius 2 is 1.20 bits per heavy atom. The largest absolute Gasteiger partial charge is 0.398 e. The first-order valence-electron chi connectivity index (χ1n) is 21.4. The molecule has 18 nitrogen and oxygen atoms in total. The molecule has 0 fully saturated rings. The predicted octanol–water partition coefficient (Wildman–Crippen LogP) is 11.5. The molecule has 0 saturated heterocycles. The van der Waals surface area contributed by atoms with Gasteiger partial charge in [-0.1, -0.05) is 56.0 Å². The van der Waals surface area contributed by atoms with E-state index in [0.717, 1.165) is 93.6 Å². The third-order valence-corrected chi connectivity index (χ3v) is 11.8. The van der Waals surface area contributed by atoms with Crippen LogP contribution in [-0.2, 0) is 23.6 Å². The number of nitrogens with two attached hydrogens (primary N) is 1. The van der Waals surface area contributed by atoms with Gasteiger partial charge >= 0.3 is 11.4 Å². The average molecular weight is 1100 g/mol. The summed E-state index contributed by atoms with van der Waals surface area (Å²) in [7, 11) is 4.08. The Bertz CT molecular complexity index is 3370. The van der Waals surface area contributed by atoms with Gasteiger partial charge in [0.05, 0.1) is 64.5 Å². The number of aryl methyl sites for hydroxylation is 4. The molecule has 4 aromatic heterocycles. The summed E-state index contributed by atoms with van der Waals surface area (Å²) in [5, 5.41) is 26.7. The van der Waals surface area contributed by atoms with E-state index in [1.807, 2.05) is 43.4 Å². The van der Waals surface area contributed by atoms with Crippen molar-refractivity contribution in [2.75, 3.05) is 37.5 Å². The van der Waals surface area contributed by atoms with Crippen LogP contribution in [0.5, 0.6) is 0 Å². The normalized spacial score (nSPS) is 13.1. The highest BCUT2D eigenvalue weighted by Crippen LogP contribution is 2.40. The standard InChI is InChI=1S/C24H21FN6O3.C17H15ClN4O.C7H7FN2O2.CH4.HI.H2/c1-14-11-17(25)20(31(32)33)12-18(14)28-24-27-13-26-23(29-24)21-16-5-3-4-6-19(16)30(2)22(21)15-7-9-34-10-8-15;1-22-13-5-3-2-4-12(13)14(16-19-10-20-17(18)21-16)15(22)11-6-8-23-9-7-11;1-4-2-5(8)7(10(11)12)3-6(4)9;;;/h3-7,11-13H,8-10H2,1-2H3,(H,26,27,28,29);2-6,10H,7-9H2,1H3;2-3H,9H2,1H3;1H4;2*1H. The zero-order valence-electron chi connectivity index (χ0n) is 38.0. The first-order valence-corrected chi connectivity index (χ1v) is 21.7. The molecule has 0 amide bonds. The first kappa shape index (κ1) is 53.0. The number of aromatic nitrogens is 8. The van der Waals surface area contributed by atoms with Crippen LogP contribution in [0.1, 0.15) is 44.2 Å². The minimum Gasteiger partial charge on any atom is -0.398 e. The Hall–Kier alpha value is -7.34. The summed E-state index contributed by atoms with van der Waals surface area (Å²) >= 11 is 5.99. The molecule has 0 aliphatic carbocycles. The number of fused-ring (bicyclic) bond motifs is 2. The van der Waals surface area contributed by atoms with Gasteiger partial charge in [-0.05, 0) is 84.8 Å². The minimum absolute atomic E-state index is 0. The first-order chi connectivity index (χ1) is 33.2. The number of nitrogen functional groups attached to an aromatic ring is 1. The molecule has 6 heterocycles. The van der Waals surface area contributed by atoms with Crippen LogP contribution in [-0.4, -0.2) is 75.3 Å². The van der Waals surface area contributed by atoms with Crippen molar-refractivity contribution in [2.45, 2.75) is 34.1 Å². The van der Waals surface area contributed by atoms with Crippen LogP contribution < -0.4 is 11.1 Å². The van der Waals surface area contributed by atoms with Crippen LogP contribution in [0.2, 0.25) is 5.28 Å². The van der Waals surface area contributed by atoms with Crippen molar-refractivity contribution >= 4 is 97.2 Å². The van der Waals surface area contributed by atoms with Crippen molar-refractivity contribution in [3.63, 3.8) is 0 Å². The number of para-hydroxylation sites is 2. The van der Waals surface area contributed by atoms with Crippen LogP contribution in [0.4, 0.5) is 37.5 Å². The van der Waals surface area contributed by atoms with Crippen LogP contribution in [0.3, 0.4) is 0 Å². The fourth-order valence-electron chi connectivity index (χ4n) is 8.22. The van der Waals surface area contributed by atoms with E-state index in [1.165, 1.54) is 18.2 Å². The summed E-state index contributed by atoms with van der Waals surface area (Å²) in [6.45, 7) is 5.78. The van der Waals surface area contributed by atoms with Gasteiger partial charge < -0.3 is 29.7 Å². The SMILES string of the molecule is C.Cc1cc(F)c([N+](=O)[O-])cc1N.Cc1cc(F)c([N+](=O)[O-])cc1Nc1ncnc(-c2c(C3=CCOCC3)n(C)c3ccccc23)n1.Cn1c(C2=CCOCC2)c(-c2ncnc(Cl)n2)c2ccccc21.I.[HH]. The van der Waals surface area contributed by atoms with Crippen molar-refractivity contribution < 1.29 is 29.5 Å². The van der Waals surface area contributed by atoms with Gasteiger partial charge in [0, 0.05) is 55.1 Å². The number of halogens is 4. The van der Waals surface area contributed by atoms with Gasteiger partial charge in [0.1, 0.15) is 12.7 Å². The Morgan fingerprint density at radius 3 is 1.69 bits per heavy atom. The lowest BCUT2D eigenvalue weighted by Crippen LogP contribution is -2.08. The van der Waals surface area contributed by atoms with Gasteiger partial charge in [-0.25, -0.2) is 19.9 Å². The molecule has 4 aromatic carbocycles. The van der Waals surface area contributed by atoms with E-state index in [1.54, 1.807) is 13.8 Å². The molecule has 8 aromatic rings. The number of benzene rings is 4. The quantitative estimate of drug-likeness (QED) is 0.0624. The highest BCUT2D eigenvalue weighted by atomic mass is 127. The van der Waals surface area contributed by atoms with Crippen LogP contribution in [0.15, 0.2) is 97.6 Å². The summed E-state index contributed by atoms with van der Waals surface area (Å²) in [5.74, 6) is -0.481. The lowest BCUT2D eigenvalue weighted by atomic mass is 10.0. The van der Waals surface area contributed by atoms with Crippen LogP contribution >= 0.6 is 35.6 Å². The maximum absolute atomic E-state index is 14.0. The maximum atomic E-state index is 14.0. The number of nitrogens with zero attached hydrogens (tertiary/aromatic N) is 10. The molecule has 3 N–H and O–H groups in total. The Labute approximate surface area is 429 Å². The van der Waals surface area contributed by atoms with Crippen molar-refractivity contribution in [3.8, 4) is 22.8 Å². The van der Waals surface area contributed by atoms with E-state index in [-0.39, 0.29) is 49.7 Å². The van der Waals surface area contributed by atoms with Gasteiger partial charge in [0.2, 0.25) is 22.9 Å². The van der Waals surface area contributed by atoms with Crippen molar-refractivity contribution in [3.05, 3.63) is 157 Å². The fraction of sp³-hybridized carbons (Fsp3) is 0.224. The van der Waals surface area contributed by atoms with E-state index in [0.29, 0.717) is 48.3 Å². The Morgan fingerprint density at radius 1 is 0.718 bits per heavy atom. The summed E-state index contributed by atoms with van der Waals surface area (Å²) in [5.41, 5.74) is 14.3. The zero-order chi connectivity index (χ0) is 48.9. The number of nitrogens with one attached hydrogen (secondary N) is 1. The molecule has 0 unspecified atom stereocenters. The number of rotatable bonds is 8. The molecular formula is C49H50ClF2IN12O6. The Balaban J connectivity index is 0.000000219. The Kier molecular flexibility index (Phi) is 17.2. The second kappa shape index (κ2) is 23.1. The molecule has 0 radical (unpaired) electrons. The molecule has 0 bridgehead atoms. The summed E-state index contributed by atoms with van der Waals surface area (Å²) < 4.78 is 42.0. The molecular weight excluding hydrogens is 1050 g/mol. The average Bonchev–Trinajstić information content (AvgIpc) is 3.82. The molecule has 10 rings (SSSR count). The number of hydrogen-bond acceptors (Lipinski definition) is 14. The van der Waals surface area contributed by atoms with Crippen molar-refractivity contribution in [1.82, 2.24) is 39.0 Å². The highest BCUT2D eigenvalue weighted by molar-refractivity contribution is 14.0. The maximum Gasteiger partial charge on any atom is 0.306 e. The number of nitro groups is 2. The van der Waals surface area contributed by atoms with Gasteiger partial charge in [0.25, 0.3) is 0 Å². The summed E-state index contributed by atoms with van der Waals surface area (Å²) in [6, 6.07) is 20.6. The van der Waals surface area contributed by atoms with E-state index in [9.17, 15) is 29.0 Å². The predicted molar refractivity (Wildman–Crippen MR) is 283 cm³/mol. The van der Waals surface area contributed by atoms with Gasteiger partial charge in [-0.2, -0.15) is 18.7 Å². The van der Waals surface area contributed by atoms with Gasteiger partial charge in [-0.15, -0.1) is 24.0 Å². The van der Waals surface area contributed by atoms with Crippen LogP contribution in [0, 0.1) is 45.7 Å². The van der Waals surface area contributed by atoms with E-state index in [4.69, 9.17) is 26.8 Å². The summed E-state index contributed by atoms with van der Waals surface area (Å²) in [4.78, 5) is 45.7. The fourth-order valence-corrected chi connectivity index (χ4v) is 8.35. The number of nitro benzene ring substituents is 2. The smallest absolute Gasteiger partial charge is 0.306 e. The molecule has 370 valence electrons. The molecule has 2 aliphatic heterocycles. The lowest BCUT2D eigenvalue weighted by molar-refractivity contribution is -0.387. The second-order valence-electron chi connectivity index (χ2n) is 15.8. The van der Waals surface area contributed by atoms with E-state index in [2.05, 4.69) is 75.7 Å². The second-order valence-corrected chi connectivity index (χ2v) is 16.2. The number of anilines is 3. The molecule has 0 spiro atoms. The number of hydrogen-bond donors (Lipinski definition) is 2. The lowest BCUT2D eigenvalue weighted by Gasteiger charge is -2.16. The van der Waals surface area contributed by atoms with Crippen LogP contribution in [0.25, 0.3) is 55.7 Å². The number of ether oxygens (including phenoxy) is 2. The van der Waals surface area contributed by atoms with Gasteiger partial charge in [-0.3, -0.25) is 20.2 Å². The summed E-state index contributed by atoms with van der Waals surface area (Å²) in [6.07, 6.45) is 8.69. The van der Waals surface area contributed by atoms with Crippen molar-refractivity contribution in [1.29, 1.82) is 0 Å². The third kappa shape index (κ3) is 11.3. The molecule has 2 aliphatic rings. The minimum atomic E-state index is -0.894. The molecule has 22 heteroatoms. The van der Waals surface area contributed by atoms with E-state index < -0.39 is 32.9 Å². The molecule has 0 atom stereocenters. The van der Waals surface area contributed by atoms with Crippen molar-refractivity contribution in [2.24, 2.45) is 14.1 Å². The topological polar surface area (TPSA) is 230 Å². The molecule has 0 saturated carbocycles.